The molecule has 0 spiro atoms. The first kappa shape index (κ1) is 16.5. The van der Waals surface area contributed by atoms with Crippen LogP contribution in [0.4, 0.5) is 0 Å². The Morgan fingerprint density at radius 3 is 2.57 bits per heavy atom. The normalized spacial score (nSPS) is 19.7. The highest BCUT2D eigenvalue weighted by Crippen LogP contribution is 2.40. The molecule has 1 aromatic carbocycles. The summed E-state index contributed by atoms with van der Waals surface area (Å²) in [6.45, 7) is 6.66. The van der Waals surface area contributed by atoms with Gasteiger partial charge in [0.05, 0.1) is 4.75 Å². The van der Waals surface area contributed by atoms with E-state index in [-0.39, 0.29) is 6.04 Å². The van der Waals surface area contributed by atoms with E-state index in [1.807, 2.05) is 13.8 Å². The van der Waals surface area contributed by atoms with Gasteiger partial charge in [-0.1, -0.05) is 31.2 Å². The van der Waals surface area contributed by atoms with E-state index in [2.05, 4.69) is 36.5 Å². The third kappa shape index (κ3) is 3.32. The van der Waals surface area contributed by atoms with Crippen LogP contribution in [-0.2, 0) is 16.3 Å². The Bertz CT molecular complexity index is 593. The first-order valence-electron chi connectivity index (χ1n) is 7.78. The molecule has 1 N–H and O–H groups in total. The van der Waals surface area contributed by atoms with E-state index in [1.165, 1.54) is 17.4 Å². The molecule has 2 unspecified atom stereocenters. The SMILES string of the molecule is CCCNC(CC1Cc2ccccc21)C(C)(C)S(C)(=O)=O. The molecule has 4 heteroatoms. The number of benzene rings is 1. The van der Waals surface area contributed by atoms with Gasteiger partial charge in [-0.3, -0.25) is 0 Å². The molecule has 118 valence electrons. The maximum atomic E-state index is 12.2. The van der Waals surface area contributed by atoms with Crippen molar-refractivity contribution in [2.75, 3.05) is 12.8 Å². The second-order valence-electron chi connectivity index (χ2n) is 6.72. The van der Waals surface area contributed by atoms with E-state index in [0.717, 1.165) is 25.8 Å². The minimum absolute atomic E-state index is 0.00851. The van der Waals surface area contributed by atoms with Gasteiger partial charge in [-0.25, -0.2) is 8.42 Å². The van der Waals surface area contributed by atoms with E-state index in [1.54, 1.807) is 0 Å². The first-order valence-corrected chi connectivity index (χ1v) is 9.67. The van der Waals surface area contributed by atoms with Gasteiger partial charge in [-0.05, 0) is 56.7 Å². The third-order valence-electron chi connectivity index (χ3n) is 4.92. The summed E-state index contributed by atoms with van der Waals surface area (Å²) in [5.41, 5.74) is 2.80. The molecule has 2 rings (SSSR count). The Hall–Kier alpha value is -0.870. The van der Waals surface area contributed by atoms with Crippen molar-refractivity contribution in [2.24, 2.45) is 0 Å². The molecule has 0 aromatic heterocycles. The summed E-state index contributed by atoms with van der Waals surface area (Å²) < 4.78 is 23.6. The van der Waals surface area contributed by atoms with Gasteiger partial charge in [0, 0.05) is 12.3 Å². The van der Waals surface area contributed by atoms with Gasteiger partial charge in [-0.2, -0.15) is 0 Å². The Balaban J connectivity index is 2.15. The minimum Gasteiger partial charge on any atom is -0.312 e. The number of nitrogens with one attached hydrogen (secondary N) is 1. The predicted octanol–water partition coefficient (Wildman–Crippen LogP) is 2.91. The van der Waals surface area contributed by atoms with Gasteiger partial charge in [0.15, 0.2) is 9.84 Å². The van der Waals surface area contributed by atoms with Gasteiger partial charge in [0.2, 0.25) is 0 Å². The van der Waals surface area contributed by atoms with E-state index < -0.39 is 14.6 Å². The highest BCUT2D eigenvalue weighted by molar-refractivity contribution is 7.92. The fourth-order valence-electron chi connectivity index (χ4n) is 3.05. The topological polar surface area (TPSA) is 46.2 Å². The van der Waals surface area contributed by atoms with Crippen LogP contribution < -0.4 is 5.32 Å². The lowest BCUT2D eigenvalue weighted by atomic mass is 9.73. The zero-order valence-corrected chi connectivity index (χ0v) is 14.3. The fraction of sp³-hybridized carbons (Fsp3) is 0.647. The van der Waals surface area contributed by atoms with Crippen LogP contribution in [0.5, 0.6) is 0 Å². The minimum atomic E-state index is -3.10. The lowest BCUT2D eigenvalue weighted by molar-refractivity contribution is 0.352. The highest BCUT2D eigenvalue weighted by atomic mass is 32.2. The molecule has 0 saturated heterocycles. The van der Waals surface area contributed by atoms with Crippen molar-refractivity contribution < 1.29 is 8.42 Å². The molecule has 0 aliphatic heterocycles. The second kappa shape index (κ2) is 6.09. The monoisotopic (exact) mass is 309 g/mol. The molecule has 0 bridgehead atoms. The number of sulfone groups is 1. The predicted molar refractivity (Wildman–Crippen MR) is 88.5 cm³/mol. The third-order valence-corrected chi connectivity index (χ3v) is 7.11. The van der Waals surface area contributed by atoms with E-state index in [9.17, 15) is 8.42 Å². The molecular weight excluding hydrogens is 282 g/mol. The molecule has 0 saturated carbocycles. The van der Waals surface area contributed by atoms with Crippen LogP contribution in [0, 0.1) is 0 Å². The molecule has 1 aliphatic rings. The largest absolute Gasteiger partial charge is 0.312 e. The first-order chi connectivity index (χ1) is 9.77. The van der Waals surface area contributed by atoms with Crippen LogP contribution in [0.1, 0.15) is 50.7 Å². The molecule has 1 aliphatic carbocycles. The zero-order valence-electron chi connectivity index (χ0n) is 13.5. The maximum Gasteiger partial charge on any atom is 0.154 e. The number of hydrogen-bond donors (Lipinski definition) is 1. The van der Waals surface area contributed by atoms with Crippen molar-refractivity contribution >= 4 is 9.84 Å². The van der Waals surface area contributed by atoms with E-state index in [4.69, 9.17) is 0 Å². The lowest BCUT2D eigenvalue weighted by Gasteiger charge is -2.39. The fourth-order valence-corrected chi connectivity index (χ4v) is 3.74. The molecular formula is C17H27NO2S. The van der Waals surface area contributed by atoms with Crippen LogP contribution in [-0.4, -0.2) is 32.0 Å². The Morgan fingerprint density at radius 2 is 2.00 bits per heavy atom. The molecule has 0 fully saturated rings. The molecule has 0 radical (unpaired) electrons. The highest BCUT2D eigenvalue weighted by Gasteiger charge is 2.41. The van der Waals surface area contributed by atoms with Crippen molar-refractivity contribution in [1.82, 2.24) is 5.32 Å². The van der Waals surface area contributed by atoms with E-state index in [0.29, 0.717) is 5.92 Å². The van der Waals surface area contributed by atoms with Crippen LogP contribution in [0.3, 0.4) is 0 Å². The Kier molecular flexibility index (Phi) is 4.79. The van der Waals surface area contributed by atoms with Crippen LogP contribution >= 0.6 is 0 Å². The standard InChI is InChI=1S/C17H27NO2S/c1-5-10-18-16(17(2,3)21(4,19)20)12-14-11-13-8-6-7-9-15(13)14/h6-9,14,16,18H,5,10-12H2,1-4H3. The second-order valence-corrected chi connectivity index (χ2v) is 9.31. The van der Waals surface area contributed by atoms with Gasteiger partial charge in [-0.15, -0.1) is 0 Å². The summed E-state index contributed by atoms with van der Waals surface area (Å²) in [5.74, 6) is 0.483. The van der Waals surface area contributed by atoms with Crippen molar-refractivity contribution in [3.63, 3.8) is 0 Å². The van der Waals surface area contributed by atoms with Gasteiger partial charge in [0.25, 0.3) is 0 Å². The molecule has 1 aromatic rings. The summed E-state index contributed by atoms with van der Waals surface area (Å²) in [5, 5.41) is 3.47. The number of rotatable bonds is 7. The van der Waals surface area contributed by atoms with Crippen LogP contribution in [0.2, 0.25) is 0 Å². The van der Waals surface area contributed by atoms with Gasteiger partial charge >= 0.3 is 0 Å². The Morgan fingerprint density at radius 1 is 1.33 bits per heavy atom. The summed E-state index contributed by atoms with van der Waals surface area (Å²) in [4.78, 5) is 0. The average molecular weight is 309 g/mol. The van der Waals surface area contributed by atoms with Crippen molar-refractivity contribution in [2.45, 2.75) is 56.7 Å². The zero-order chi connectivity index (χ0) is 15.7. The molecule has 0 amide bonds. The lowest BCUT2D eigenvalue weighted by Crippen LogP contribution is -2.52. The van der Waals surface area contributed by atoms with E-state index >= 15 is 0 Å². The average Bonchev–Trinajstić information content (AvgIpc) is 2.37. The maximum absolute atomic E-state index is 12.2. The van der Waals surface area contributed by atoms with Gasteiger partial charge in [0.1, 0.15) is 0 Å². The van der Waals surface area contributed by atoms with Crippen molar-refractivity contribution in [3.05, 3.63) is 35.4 Å². The summed E-state index contributed by atoms with van der Waals surface area (Å²) in [6, 6.07) is 8.48. The molecule has 2 atom stereocenters. The molecule has 0 heterocycles. The van der Waals surface area contributed by atoms with Gasteiger partial charge < -0.3 is 5.32 Å². The number of hydrogen-bond acceptors (Lipinski definition) is 3. The summed E-state index contributed by atoms with van der Waals surface area (Å²) in [6.07, 6.45) is 4.32. The smallest absolute Gasteiger partial charge is 0.154 e. The van der Waals surface area contributed by atoms with Crippen molar-refractivity contribution in [1.29, 1.82) is 0 Å². The Labute approximate surface area is 129 Å². The molecule has 3 nitrogen and oxygen atoms in total. The van der Waals surface area contributed by atoms with Crippen LogP contribution in [0.25, 0.3) is 0 Å². The number of fused-ring (bicyclic) bond motifs is 1. The summed E-state index contributed by atoms with van der Waals surface area (Å²) >= 11 is 0. The quantitative estimate of drug-likeness (QED) is 0.842. The molecule has 21 heavy (non-hydrogen) atoms. The summed E-state index contributed by atoms with van der Waals surface area (Å²) in [7, 11) is -3.10. The van der Waals surface area contributed by atoms with Crippen LogP contribution in [0.15, 0.2) is 24.3 Å². The van der Waals surface area contributed by atoms with Crippen molar-refractivity contribution in [3.8, 4) is 0 Å².